The molecule has 1 aliphatic rings. The summed E-state index contributed by atoms with van der Waals surface area (Å²) in [5.41, 5.74) is 1.03. The largest absolute Gasteiger partial charge is 0.480 e. The maximum atomic E-state index is 13.9. The number of aryl methyl sites for hydroxylation is 1. The van der Waals surface area contributed by atoms with Crippen molar-refractivity contribution in [2.24, 2.45) is 0 Å². The van der Waals surface area contributed by atoms with Gasteiger partial charge in [0.1, 0.15) is 17.0 Å². The Balaban J connectivity index is 2.13. The van der Waals surface area contributed by atoms with Gasteiger partial charge in [0.15, 0.2) is 0 Å². The smallest absolute Gasteiger partial charge is 0.318 e. The van der Waals surface area contributed by atoms with Crippen LogP contribution in [0.15, 0.2) is 36.5 Å². The van der Waals surface area contributed by atoms with Crippen LogP contribution in [0.4, 0.5) is 8.78 Å². The Labute approximate surface area is 138 Å². The highest BCUT2D eigenvalue weighted by Crippen LogP contribution is 2.44. The maximum absolute atomic E-state index is 13.9. The molecule has 124 valence electrons. The quantitative estimate of drug-likeness (QED) is 0.919. The van der Waals surface area contributed by atoms with Crippen molar-refractivity contribution in [2.45, 2.75) is 32.1 Å². The average molecular weight is 329 g/mol. The zero-order valence-corrected chi connectivity index (χ0v) is 13.4. The number of benzene rings is 1. The van der Waals surface area contributed by atoms with Crippen molar-refractivity contribution in [3.63, 3.8) is 0 Å². The summed E-state index contributed by atoms with van der Waals surface area (Å²) in [5.74, 6) is -1.90. The minimum absolute atomic E-state index is 0.294. The summed E-state index contributed by atoms with van der Waals surface area (Å²) >= 11 is 0. The number of aliphatic carboxylic acids is 1. The van der Waals surface area contributed by atoms with Crippen LogP contribution in [-0.2, 0) is 10.2 Å². The van der Waals surface area contributed by atoms with Crippen LogP contribution in [0.1, 0.15) is 35.2 Å². The van der Waals surface area contributed by atoms with E-state index in [0.29, 0.717) is 40.8 Å². The fourth-order valence-electron chi connectivity index (χ4n) is 3.27. The van der Waals surface area contributed by atoms with E-state index in [4.69, 9.17) is 0 Å². The second-order valence-corrected chi connectivity index (χ2v) is 6.15. The zero-order valence-electron chi connectivity index (χ0n) is 13.4. The number of nitrogens with zero attached hydrogens (tertiary/aromatic N) is 1. The number of pyridine rings is 1. The Bertz CT molecular complexity index is 860. The van der Waals surface area contributed by atoms with Crippen LogP contribution in [0, 0.1) is 25.5 Å². The third kappa shape index (κ3) is 2.50. The van der Waals surface area contributed by atoms with E-state index in [2.05, 4.69) is 4.98 Å². The van der Waals surface area contributed by atoms with Gasteiger partial charge in [0.05, 0.1) is 5.69 Å². The van der Waals surface area contributed by atoms with Crippen molar-refractivity contribution in [1.82, 2.24) is 4.98 Å². The van der Waals surface area contributed by atoms with Crippen LogP contribution < -0.4 is 0 Å². The molecular weight excluding hydrogens is 312 g/mol. The van der Waals surface area contributed by atoms with Crippen molar-refractivity contribution in [1.29, 1.82) is 0 Å². The number of rotatable bonds is 3. The van der Waals surface area contributed by atoms with Crippen molar-refractivity contribution in [3.8, 4) is 0 Å². The van der Waals surface area contributed by atoms with Crippen LogP contribution in [-0.4, -0.2) is 16.1 Å². The lowest BCUT2D eigenvalue weighted by atomic mass is 9.78. The molecule has 0 aliphatic heterocycles. The topological polar surface area (TPSA) is 50.2 Å². The molecule has 0 saturated carbocycles. The number of carbonyl (C=O) groups is 1. The molecule has 0 spiro atoms. The van der Waals surface area contributed by atoms with E-state index in [1.165, 1.54) is 18.2 Å². The van der Waals surface area contributed by atoms with Gasteiger partial charge in [0, 0.05) is 6.20 Å². The minimum Gasteiger partial charge on any atom is -0.480 e. The van der Waals surface area contributed by atoms with E-state index < -0.39 is 23.0 Å². The summed E-state index contributed by atoms with van der Waals surface area (Å²) in [7, 11) is 0. The fraction of sp³-hybridized carbons (Fsp3) is 0.263. The summed E-state index contributed by atoms with van der Waals surface area (Å²) in [6, 6.07) is 5.83. The molecule has 24 heavy (non-hydrogen) atoms. The highest BCUT2D eigenvalue weighted by Gasteiger charge is 2.43. The van der Waals surface area contributed by atoms with Crippen LogP contribution in [0.3, 0.4) is 0 Å². The highest BCUT2D eigenvalue weighted by atomic mass is 19.1. The number of carboxylic acid groups (broad SMARTS) is 1. The monoisotopic (exact) mass is 329 g/mol. The molecule has 0 radical (unpaired) electrons. The summed E-state index contributed by atoms with van der Waals surface area (Å²) in [6.07, 6.45) is 3.92. The van der Waals surface area contributed by atoms with Crippen LogP contribution in [0.2, 0.25) is 0 Å². The van der Waals surface area contributed by atoms with Gasteiger partial charge >= 0.3 is 5.97 Å². The fourth-order valence-corrected chi connectivity index (χ4v) is 3.27. The summed E-state index contributed by atoms with van der Waals surface area (Å²) < 4.78 is 27.7. The molecule has 5 heteroatoms. The van der Waals surface area contributed by atoms with Crippen LogP contribution in [0.25, 0.3) is 5.57 Å². The van der Waals surface area contributed by atoms with Gasteiger partial charge in [-0.25, -0.2) is 8.78 Å². The second kappa shape index (κ2) is 5.82. The molecular formula is C19H17F2NO2. The molecule has 3 rings (SSSR count). The molecule has 1 aliphatic carbocycles. The molecule has 0 fully saturated rings. The molecule has 0 saturated heterocycles. The Morgan fingerprint density at radius 1 is 1.25 bits per heavy atom. The first-order chi connectivity index (χ1) is 11.3. The lowest BCUT2D eigenvalue weighted by Gasteiger charge is -2.24. The van der Waals surface area contributed by atoms with E-state index in [1.807, 2.05) is 0 Å². The van der Waals surface area contributed by atoms with E-state index >= 15 is 0 Å². The molecule has 1 aromatic heterocycles. The van der Waals surface area contributed by atoms with Gasteiger partial charge in [-0.15, -0.1) is 0 Å². The summed E-state index contributed by atoms with van der Waals surface area (Å²) in [4.78, 5) is 16.0. The Morgan fingerprint density at radius 3 is 2.67 bits per heavy atom. The van der Waals surface area contributed by atoms with E-state index in [-0.39, 0.29) is 0 Å². The minimum atomic E-state index is -1.30. The number of hydrogen-bond acceptors (Lipinski definition) is 2. The van der Waals surface area contributed by atoms with Crippen LogP contribution in [0.5, 0.6) is 0 Å². The highest BCUT2D eigenvalue weighted by molar-refractivity contribution is 5.90. The van der Waals surface area contributed by atoms with Gasteiger partial charge in [0.2, 0.25) is 0 Å². The lowest BCUT2D eigenvalue weighted by Crippen LogP contribution is -2.32. The van der Waals surface area contributed by atoms with Gasteiger partial charge < -0.3 is 5.11 Å². The van der Waals surface area contributed by atoms with Gasteiger partial charge in [-0.2, -0.15) is 0 Å². The van der Waals surface area contributed by atoms with Crippen molar-refractivity contribution in [2.75, 3.05) is 0 Å². The van der Waals surface area contributed by atoms with Crippen molar-refractivity contribution in [3.05, 3.63) is 70.6 Å². The number of carboxylic acids is 1. The molecule has 2 aromatic rings. The predicted octanol–water partition coefficient (Wildman–Crippen LogP) is 4.18. The Kier molecular flexibility index (Phi) is 3.95. The summed E-state index contributed by atoms with van der Waals surface area (Å²) in [6.45, 7) is 3.15. The van der Waals surface area contributed by atoms with Gasteiger partial charge in [-0.1, -0.05) is 18.2 Å². The predicted molar refractivity (Wildman–Crippen MR) is 86.6 cm³/mol. The van der Waals surface area contributed by atoms with Crippen LogP contribution >= 0.6 is 0 Å². The van der Waals surface area contributed by atoms with Gasteiger partial charge in [-0.3, -0.25) is 9.78 Å². The first-order valence-electron chi connectivity index (χ1n) is 7.68. The van der Waals surface area contributed by atoms with Gasteiger partial charge in [0.25, 0.3) is 0 Å². The second-order valence-electron chi connectivity index (χ2n) is 6.15. The Morgan fingerprint density at radius 2 is 2.00 bits per heavy atom. The molecule has 1 atom stereocenters. The molecule has 1 N–H and O–H groups in total. The maximum Gasteiger partial charge on any atom is 0.318 e. The van der Waals surface area contributed by atoms with Crippen molar-refractivity contribution < 1.29 is 18.7 Å². The zero-order chi connectivity index (χ0) is 17.5. The standard InChI is InChI=1S/C19H17F2NO2/c1-11-15(4-3-5-16(11)20)19(18(23)24)7-6-13(9-19)14-8-17(21)12(2)22-10-14/h3-5,8-10H,6-7H2,1-2H3,(H,23,24)/t19-/m0/s1. The molecule has 0 bridgehead atoms. The first kappa shape index (κ1) is 16.3. The molecule has 0 unspecified atom stereocenters. The number of halogens is 2. The SMILES string of the molecule is Cc1ncc(C2=C[C@](C(=O)O)(c3cccc(F)c3C)CC2)cc1F. The normalized spacial score (nSPS) is 20.1. The lowest BCUT2D eigenvalue weighted by molar-refractivity contribution is -0.141. The molecule has 3 nitrogen and oxygen atoms in total. The number of hydrogen-bond donors (Lipinski definition) is 1. The molecule has 1 heterocycles. The van der Waals surface area contributed by atoms with E-state index in [0.717, 1.165) is 0 Å². The number of allylic oxidation sites excluding steroid dienone is 1. The Hall–Kier alpha value is -2.56. The third-order valence-electron chi connectivity index (χ3n) is 4.74. The molecule has 0 amide bonds. The van der Waals surface area contributed by atoms with Crippen molar-refractivity contribution >= 4 is 11.5 Å². The number of aromatic nitrogens is 1. The molecule has 1 aromatic carbocycles. The first-order valence-corrected chi connectivity index (χ1v) is 7.68. The van der Waals surface area contributed by atoms with E-state index in [1.54, 1.807) is 32.2 Å². The van der Waals surface area contributed by atoms with E-state index in [9.17, 15) is 18.7 Å². The third-order valence-corrected chi connectivity index (χ3v) is 4.74. The average Bonchev–Trinajstić information content (AvgIpc) is 2.99. The summed E-state index contributed by atoms with van der Waals surface area (Å²) in [5, 5.41) is 9.84. The van der Waals surface area contributed by atoms with Gasteiger partial charge in [-0.05, 0) is 61.1 Å².